The van der Waals surface area contributed by atoms with Crippen molar-refractivity contribution in [2.24, 2.45) is 0 Å². The predicted molar refractivity (Wildman–Crippen MR) is 95.4 cm³/mol. The number of benzene rings is 1. The number of rotatable bonds is 5. The Morgan fingerprint density at radius 1 is 1.04 bits per heavy atom. The van der Waals surface area contributed by atoms with E-state index in [9.17, 15) is 4.79 Å². The van der Waals surface area contributed by atoms with E-state index in [2.05, 4.69) is 40.2 Å². The molecule has 2 aliphatic rings. The Hall–Kier alpha value is -1.75. The van der Waals surface area contributed by atoms with Gasteiger partial charge in [-0.3, -0.25) is 4.90 Å². The van der Waals surface area contributed by atoms with Gasteiger partial charge in [-0.05, 0) is 44.5 Å². The van der Waals surface area contributed by atoms with E-state index in [-0.39, 0.29) is 6.03 Å². The van der Waals surface area contributed by atoms with Crippen LogP contribution in [0.4, 0.5) is 16.2 Å². The first kappa shape index (κ1) is 16.1. The van der Waals surface area contributed by atoms with Crippen LogP contribution in [0.1, 0.15) is 26.2 Å². The molecule has 1 aromatic rings. The second-order valence-electron chi connectivity index (χ2n) is 6.41. The van der Waals surface area contributed by atoms with Crippen LogP contribution in [0, 0.1) is 0 Å². The first-order chi connectivity index (χ1) is 11.3. The number of nitrogens with zero attached hydrogens (tertiary/aromatic N) is 3. The lowest BCUT2D eigenvalue weighted by atomic mass is 10.1. The highest BCUT2D eigenvalue weighted by Crippen LogP contribution is 2.32. The van der Waals surface area contributed by atoms with Gasteiger partial charge in [-0.25, -0.2) is 4.79 Å². The molecule has 2 amide bonds. The van der Waals surface area contributed by atoms with E-state index in [1.165, 1.54) is 31.6 Å². The molecule has 2 heterocycles. The molecule has 0 aliphatic carbocycles. The van der Waals surface area contributed by atoms with E-state index in [4.69, 9.17) is 0 Å². The van der Waals surface area contributed by atoms with Crippen LogP contribution in [-0.4, -0.2) is 56.7 Å². The molecule has 1 fully saturated rings. The van der Waals surface area contributed by atoms with Gasteiger partial charge in [-0.1, -0.05) is 19.1 Å². The topological polar surface area (TPSA) is 38.8 Å². The standard InChI is InChI=1S/C18H28N4O/c1-2-9-19-18(23)22-15-14-21(13-12-20-10-5-6-11-20)16-7-3-4-8-17(16)22/h3-4,7-8H,2,5-6,9-15H2,1H3,(H,19,23). The molecule has 0 unspecified atom stereocenters. The van der Waals surface area contributed by atoms with Crippen molar-refractivity contribution in [1.29, 1.82) is 0 Å². The van der Waals surface area contributed by atoms with Gasteiger partial charge in [0.05, 0.1) is 11.4 Å². The highest BCUT2D eigenvalue weighted by atomic mass is 16.2. The van der Waals surface area contributed by atoms with E-state index in [1.807, 2.05) is 11.0 Å². The number of nitrogens with one attached hydrogen (secondary N) is 1. The molecule has 5 heteroatoms. The van der Waals surface area contributed by atoms with Crippen molar-refractivity contribution in [3.63, 3.8) is 0 Å². The minimum absolute atomic E-state index is 0.0264. The monoisotopic (exact) mass is 316 g/mol. The largest absolute Gasteiger partial charge is 0.367 e. The van der Waals surface area contributed by atoms with Gasteiger partial charge in [0.1, 0.15) is 0 Å². The molecule has 5 nitrogen and oxygen atoms in total. The maximum atomic E-state index is 12.4. The molecule has 3 rings (SSSR count). The van der Waals surface area contributed by atoms with E-state index in [1.54, 1.807) is 0 Å². The number of hydrogen-bond donors (Lipinski definition) is 1. The summed E-state index contributed by atoms with van der Waals surface area (Å²) in [5.41, 5.74) is 2.22. The molecule has 126 valence electrons. The number of carbonyl (C=O) groups excluding carboxylic acids is 1. The van der Waals surface area contributed by atoms with Crippen LogP contribution in [-0.2, 0) is 0 Å². The molecule has 1 saturated heterocycles. The van der Waals surface area contributed by atoms with Crippen molar-refractivity contribution in [3.8, 4) is 0 Å². The Balaban J connectivity index is 1.68. The highest BCUT2D eigenvalue weighted by molar-refractivity contribution is 5.96. The Morgan fingerprint density at radius 2 is 1.78 bits per heavy atom. The zero-order valence-corrected chi connectivity index (χ0v) is 14.1. The summed E-state index contributed by atoms with van der Waals surface area (Å²) in [6.07, 6.45) is 3.63. The number of para-hydroxylation sites is 2. The molecule has 1 N–H and O–H groups in total. The Bertz CT molecular complexity index is 528. The summed E-state index contributed by atoms with van der Waals surface area (Å²) in [4.78, 5) is 19.2. The summed E-state index contributed by atoms with van der Waals surface area (Å²) in [6.45, 7) is 9.11. The quantitative estimate of drug-likeness (QED) is 0.907. The maximum absolute atomic E-state index is 12.4. The van der Waals surface area contributed by atoms with Crippen LogP contribution >= 0.6 is 0 Å². The van der Waals surface area contributed by atoms with Gasteiger partial charge in [0.25, 0.3) is 0 Å². The molecule has 0 spiro atoms. The second-order valence-corrected chi connectivity index (χ2v) is 6.41. The summed E-state index contributed by atoms with van der Waals surface area (Å²) in [5.74, 6) is 0. The molecule has 0 saturated carbocycles. The maximum Gasteiger partial charge on any atom is 0.322 e. The smallest absolute Gasteiger partial charge is 0.322 e. The average molecular weight is 316 g/mol. The summed E-state index contributed by atoms with van der Waals surface area (Å²) >= 11 is 0. The van der Waals surface area contributed by atoms with Gasteiger partial charge in [0.2, 0.25) is 0 Å². The second kappa shape index (κ2) is 7.68. The molecule has 1 aromatic carbocycles. The van der Waals surface area contributed by atoms with Crippen LogP contribution in [0.2, 0.25) is 0 Å². The van der Waals surface area contributed by atoms with Crippen LogP contribution < -0.4 is 15.1 Å². The van der Waals surface area contributed by atoms with E-state index in [0.717, 1.165) is 44.8 Å². The Kier molecular flexibility index (Phi) is 5.39. The Morgan fingerprint density at radius 3 is 2.52 bits per heavy atom. The number of likely N-dealkylation sites (tertiary alicyclic amines) is 1. The van der Waals surface area contributed by atoms with Crippen molar-refractivity contribution in [1.82, 2.24) is 10.2 Å². The lowest BCUT2D eigenvalue weighted by Crippen LogP contribution is -2.49. The van der Waals surface area contributed by atoms with Gasteiger partial charge < -0.3 is 15.1 Å². The normalized spacial score (nSPS) is 18.1. The van der Waals surface area contributed by atoms with Gasteiger partial charge in [-0.2, -0.15) is 0 Å². The van der Waals surface area contributed by atoms with Crippen molar-refractivity contribution in [2.75, 3.05) is 55.6 Å². The molecule has 0 bridgehead atoms. The van der Waals surface area contributed by atoms with Gasteiger partial charge in [0.15, 0.2) is 0 Å². The van der Waals surface area contributed by atoms with Crippen LogP contribution in [0.3, 0.4) is 0 Å². The van der Waals surface area contributed by atoms with Crippen molar-refractivity contribution >= 4 is 17.4 Å². The van der Waals surface area contributed by atoms with E-state index < -0.39 is 0 Å². The molecular weight excluding hydrogens is 288 g/mol. The minimum Gasteiger partial charge on any atom is -0.367 e. The summed E-state index contributed by atoms with van der Waals surface area (Å²) in [6, 6.07) is 8.30. The summed E-state index contributed by atoms with van der Waals surface area (Å²) < 4.78 is 0. The van der Waals surface area contributed by atoms with Crippen molar-refractivity contribution in [3.05, 3.63) is 24.3 Å². The number of fused-ring (bicyclic) bond motifs is 1. The van der Waals surface area contributed by atoms with E-state index in [0.29, 0.717) is 0 Å². The average Bonchev–Trinajstić information content (AvgIpc) is 3.11. The number of carbonyl (C=O) groups is 1. The minimum atomic E-state index is 0.0264. The molecule has 0 radical (unpaired) electrons. The van der Waals surface area contributed by atoms with E-state index >= 15 is 0 Å². The molecule has 23 heavy (non-hydrogen) atoms. The fourth-order valence-electron chi connectivity index (χ4n) is 3.46. The number of amides is 2. The summed E-state index contributed by atoms with van der Waals surface area (Å²) in [7, 11) is 0. The fourth-order valence-corrected chi connectivity index (χ4v) is 3.46. The number of anilines is 2. The molecule has 2 aliphatic heterocycles. The lowest BCUT2D eigenvalue weighted by molar-refractivity contribution is 0.246. The van der Waals surface area contributed by atoms with Gasteiger partial charge in [-0.15, -0.1) is 0 Å². The fraction of sp³-hybridized carbons (Fsp3) is 0.611. The lowest BCUT2D eigenvalue weighted by Gasteiger charge is -2.38. The SMILES string of the molecule is CCCNC(=O)N1CCN(CCN2CCCC2)c2ccccc21. The summed E-state index contributed by atoms with van der Waals surface area (Å²) in [5, 5.41) is 2.99. The first-order valence-electron chi connectivity index (χ1n) is 8.91. The van der Waals surface area contributed by atoms with Crippen molar-refractivity contribution < 1.29 is 4.79 Å². The molecular formula is C18H28N4O. The van der Waals surface area contributed by atoms with Gasteiger partial charge in [0, 0.05) is 32.7 Å². The first-order valence-corrected chi connectivity index (χ1v) is 8.91. The van der Waals surface area contributed by atoms with Crippen molar-refractivity contribution in [2.45, 2.75) is 26.2 Å². The van der Waals surface area contributed by atoms with Crippen LogP contribution in [0.25, 0.3) is 0 Å². The van der Waals surface area contributed by atoms with Gasteiger partial charge >= 0.3 is 6.03 Å². The zero-order valence-electron chi connectivity index (χ0n) is 14.1. The third-order valence-electron chi connectivity index (χ3n) is 4.76. The zero-order chi connectivity index (χ0) is 16.1. The number of hydrogen-bond acceptors (Lipinski definition) is 3. The Labute approximate surface area is 139 Å². The van der Waals surface area contributed by atoms with Crippen LogP contribution in [0.15, 0.2) is 24.3 Å². The number of urea groups is 1. The highest BCUT2D eigenvalue weighted by Gasteiger charge is 2.26. The van der Waals surface area contributed by atoms with Crippen LogP contribution in [0.5, 0.6) is 0 Å². The third-order valence-corrected chi connectivity index (χ3v) is 4.76. The molecule has 0 atom stereocenters. The molecule has 0 aromatic heterocycles. The predicted octanol–water partition coefficient (Wildman–Crippen LogP) is 2.53. The third kappa shape index (κ3) is 3.78.